The predicted octanol–water partition coefficient (Wildman–Crippen LogP) is 8.98. The lowest BCUT2D eigenvalue weighted by atomic mass is 9.75. The molecule has 0 unspecified atom stereocenters. The van der Waals surface area contributed by atoms with Crippen LogP contribution in [-0.2, 0) is 0 Å². The zero-order chi connectivity index (χ0) is 22.6. The Balaban J connectivity index is 1.93. The van der Waals surface area contributed by atoms with E-state index in [-0.39, 0.29) is 5.41 Å². The van der Waals surface area contributed by atoms with E-state index < -0.39 is 0 Å². The van der Waals surface area contributed by atoms with Gasteiger partial charge in [-0.05, 0) is 65.8 Å². The van der Waals surface area contributed by atoms with Crippen molar-refractivity contribution in [1.29, 1.82) is 0 Å². The average molecular weight is 423 g/mol. The van der Waals surface area contributed by atoms with Gasteiger partial charge in [0.05, 0.1) is 5.56 Å². The molecular weight excluding hydrogens is 392 g/mol. The normalized spacial score (nSPS) is 14.0. The van der Waals surface area contributed by atoms with Crippen molar-refractivity contribution < 1.29 is 9.47 Å². The van der Waals surface area contributed by atoms with Gasteiger partial charge in [-0.15, -0.1) is 0 Å². The Labute approximate surface area is 191 Å². The van der Waals surface area contributed by atoms with Gasteiger partial charge in [0.2, 0.25) is 0 Å². The molecule has 2 heteroatoms. The van der Waals surface area contributed by atoms with Crippen LogP contribution in [0.2, 0.25) is 0 Å². The lowest BCUT2D eigenvalue weighted by Crippen LogP contribution is -2.14. The first-order valence-corrected chi connectivity index (χ1v) is 11.1. The monoisotopic (exact) mass is 422 g/mol. The minimum atomic E-state index is 0.0163. The van der Waals surface area contributed by atoms with E-state index in [0.717, 1.165) is 47.0 Å². The Kier molecular flexibility index (Phi) is 6.32. The number of benzene rings is 3. The van der Waals surface area contributed by atoms with Gasteiger partial charge in [-0.2, -0.15) is 0 Å². The van der Waals surface area contributed by atoms with Crippen molar-refractivity contribution in [1.82, 2.24) is 0 Å². The van der Waals surface area contributed by atoms with Gasteiger partial charge < -0.3 is 9.47 Å². The number of hydrogen-bond donors (Lipinski definition) is 0. The van der Waals surface area contributed by atoms with Gasteiger partial charge in [0, 0.05) is 0 Å². The van der Waals surface area contributed by atoms with Crippen molar-refractivity contribution in [2.24, 2.45) is 5.41 Å². The minimum absolute atomic E-state index is 0.0163. The lowest BCUT2D eigenvalue weighted by Gasteiger charge is -2.31. The zero-order valence-electron chi connectivity index (χ0n) is 19.1. The molecule has 0 saturated heterocycles. The Morgan fingerprint density at radius 3 is 1.72 bits per heavy atom. The van der Waals surface area contributed by atoms with Gasteiger partial charge in [-0.1, -0.05) is 87.5 Å². The Morgan fingerprint density at radius 1 is 0.719 bits per heavy atom. The average Bonchev–Trinajstić information content (AvgIpc) is 2.79. The van der Waals surface area contributed by atoms with Crippen LogP contribution in [0.3, 0.4) is 0 Å². The zero-order valence-corrected chi connectivity index (χ0v) is 19.1. The van der Waals surface area contributed by atoms with Crippen molar-refractivity contribution in [2.75, 3.05) is 0 Å². The Morgan fingerprint density at radius 2 is 1.25 bits per heavy atom. The lowest BCUT2D eigenvalue weighted by molar-refractivity contribution is 0.455. The van der Waals surface area contributed by atoms with Gasteiger partial charge in [-0.25, -0.2) is 0 Å². The molecule has 0 spiro atoms. The van der Waals surface area contributed by atoms with Crippen LogP contribution in [0, 0.1) is 5.41 Å². The van der Waals surface area contributed by atoms with Crippen LogP contribution < -0.4 is 9.47 Å². The SMILES string of the molecule is C=CC1=CC(c2c(Oc3ccccc3)cccc2Oc2ccccc2)=C(C(C)(C)C)CC1. The van der Waals surface area contributed by atoms with E-state index in [4.69, 9.17) is 9.47 Å². The van der Waals surface area contributed by atoms with E-state index in [1.54, 1.807) is 0 Å². The fourth-order valence-corrected chi connectivity index (χ4v) is 4.09. The van der Waals surface area contributed by atoms with Crippen molar-refractivity contribution in [3.8, 4) is 23.0 Å². The van der Waals surface area contributed by atoms with E-state index in [9.17, 15) is 0 Å². The highest BCUT2D eigenvalue weighted by Gasteiger charge is 2.28. The quantitative estimate of drug-likeness (QED) is 0.394. The van der Waals surface area contributed by atoms with Crippen LogP contribution >= 0.6 is 0 Å². The van der Waals surface area contributed by atoms with Gasteiger partial charge in [-0.3, -0.25) is 0 Å². The highest BCUT2D eigenvalue weighted by molar-refractivity contribution is 5.86. The molecule has 1 aliphatic carbocycles. The van der Waals surface area contributed by atoms with Crippen molar-refractivity contribution in [2.45, 2.75) is 33.6 Å². The summed E-state index contributed by atoms with van der Waals surface area (Å²) in [6.07, 6.45) is 6.19. The molecule has 0 aromatic heterocycles. The molecule has 0 fully saturated rings. The third-order valence-corrected chi connectivity index (χ3v) is 5.69. The molecule has 32 heavy (non-hydrogen) atoms. The second-order valence-electron chi connectivity index (χ2n) is 9.03. The molecule has 2 nitrogen and oxygen atoms in total. The fraction of sp³-hybridized carbons (Fsp3) is 0.200. The summed E-state index contributed by atoms with van der Waals surface area (Å²) in [4.78, 5) is 0. The molecule has 0 heterocycles. The van der Waals surface area contributed by atoms with Crippen LogP contribution in [0.4, 0.5) is 0 Å². The molecule has 0 saturated carbocycles. The molecule has 3 aromatic carbocycles. The Bertz CT molecular complexity index is 1090. The molecule has 3 aromatic rings. The molecule has 0 aliphatic heterocycles. The maximum atomic E-state index is 6.40. The third-order valence-electron chi connectivity index (χ3n) is 5.69. The molecule has 0 N–H and O–H groups in total. The van der Waals surface area contributed by atoms with Crippen LogP contribution in [0.25, 0.3) is 5.57 Å². The largest absolute Gasteiger partial charge is 0.457 e. The molecule has 0 atom stereocenters. The molecular formula is C30H30O2. The Hall–Kier alpha value is -3.52. The second kappa shape index (κ2) is 9.32. The van der Waals surface area contributed by atoms with E-state index in [0.29, 0.717) is 0 Å². The molecule has 0 amide bonds. The fourth-order valence-electron chi connectivity index (χ4n) is 4.09. The van der Waals surface area contributed by atoms with Crippen LogP contribution in [0.1, 0.15) is 39.2 Å². The maximum Gasteiger partial charge on any atom is 0.139 e. The first-order valence-electron chi connectivity index (χ1n) is 11.1. The number of hydrogen-bond acceptors (Lipinski definition) is 2. The first kappa shape index (κ1) is 21.7. The van der Waals surface area contributed by atoms with Gasteiger partial charge in [0.15, 0.2) is 0 Å². The third kappa shape index (κ3) is 4.86. The molecule has 0 radical (unpaired) electrons. The standard InChI is InChI=1S/C30H30O2/c1-5-22-19-20-26(30(2,3)4)25(21-22)29-27(31-23-13-8-6-9-14-23)17-12-18-28(29)32-24-15-10-7-11-16-24/h5-18,21H,1,19-20H2,2-4H3. The van der Waals surface area contributed by atoms with Gasteiger partial charge >= 0.3 is 0 Å². The van der Waals surface area contributed by atoms with Crippen molar-refractivity contribution in [3.05, 3.63) is 114 Å². The minimum Gasteiger partial charge on any atom is -0.457 e. The van der Waals surface area contributed by atoms with Crippen molar-refractivity contribution >= 4 is 5.57 Å². The van der Waals surface area contributed by atoms with Gasteiger partial charge in [0.25, 0.3) is 0 Å². The summed E-state index contributed by atoms with van der Waals surface area (Å²) in [5.74, 6) is 3.16. The number of rotatable bonds is 6. The summed E-state index contributed by atoms with van der Waals surface area (Å²) in [7, 11) is 0. The second-order valence-corrected chi connectivity index (χ2v) is 9.03. The smallest absolute Gasteiger partial charge is 0.139 e. The maximum absolute atomic E-state index is 6.40. The topological polar surface area (TPSA) is 18.5 Å². The number of ether oxygens (including phenoxy) is 2. The molecule has 1 aliphatic rings. The van der Waals surface area contributed by atoms with E-state index in [2.05, 4.69) is 33.4 Å². The summed E-state index contributed by atoms with van der Waals surface area (Å²) in [5, 5.41) is 0. The van der Waals surface area contributed by atoms with Crippen molar-refractivity contribution in [3.63, 3.8) is 0 Å². The molecule has 162 valence electrons. The summed E-state index contributed by atoms with van der Waals surface area (Å²) >= 11 is 0. The van der Waals surface area contributed by atoms with Gasteiger partial charge in [0.1, 0.15) is 23.0 Å². The van der Waals surface area contributed by atoms with E-state index >= 15 is 0 Å². The van der Waals surface area contributed by atoms with Crippen LogP contribution in [-0.4, -0.2) is 0 Å². The highest BCUT2D eigenvalue weighted by atomic mass is 16.5. The summed E-state index contributed by atoms with van der Waals surface area (Å²) < 4.78 is 12.8. The van der Waals surface area contributed by atoms with Crippen LogP contribution in [0.5, 0.6) is 23.0 Å². The van der Waals surface area contributed by atoms with E-state index in [1.165, 1.54) is 11.1 Å². The number of para-hydroxylation sites is 2. The number of allylic oxidation sites excluding steroid dienone is 5. The first-order chi connectivity index (χ1) is 15.5. The summed E-state index contributed by atoms with van der Waals surface area (Å²) in [6.45, 7) is 10.8. The van der Waals surface area contributed by atoms with E-state index in [1.807, 2.05) is 84.9 Å². The van der Waals surface area contributed by atoms with Crippen LogP contribution in [0.15, 0.2) is 109 Å². The molecule has 0 bridgehead atoms. The predicted molar refractivity (Wildman–Crippen MR) is 133 cm³/mol. The summed E-state index contributed by atoms with van der Waals surface area (Å²) in [5.41, 5.74) is 4.78. The summed E-state index contributed by atoms with van der Waals surface area (Å²) in [6, 6.07) is 25.8. The molecule has 4 rings (SSSR count). The highest BCUT2D eigenvalue weighted by Crippen LogP contribution is 2.47.